The lowest BCUT2D eigenvalue weighted by Gasteiger charge is -2.08. The molecule has 1 aromatic carbocycles. The highest BCUT2D eigenvalue weighted by Gasteiger charge is 2.09. The molecule has 16 heavy (non-hydrogen) atoms. The second-order valence-electron chi connectivity index (χ2n) is 3.49. The van der Waals surface area contributed by atoms with Gasteiger partial charge in [0.05, 0.1) is 5.69 Å². The van der Waals surface area contributed by atoms with Crippen LogP contribution in [0, 0.1) is 0 Å². The zero-order valence-corrected chi connectivity index (χ0v) is 9.01. The first kappa shape index (κ1) is 10.5. The first-order chi connectivity index (χ1) is 7.72. The third kappa shape index (κ3) is 1.85. The Morgan fingerprint density at radius 1 is 1.44 bits per heavy atom. The third-order valence-corrected chi connectivity index (χ3v) is 2.27. The molecule has 2 aromatic rings. The molecule has 0 aliphatic carbocycles. The SMILES string of the molecule is CNCc1cc(N)nn1-c1ccccc1O. The van der Waals surface area contributed by atoms with Crippen molar-refractivity contribution in [3.8, 4) is 11.4 Å². The van der Waals surface area contributed by atoms with E-state index in [1.165, 1.54) is 0 Å². The summed E-state index contributed by atoms with van der Waals surface area (Å²) < 4.78 is 1.64. The Labute approximate surface area is 93.5 Å². The summed E-state index contributed by atoms with van der Waals surface area (Å²) in [5, 5.41) is 16.9. The Hall–Kier alpha value is -2.01. The predicted octanol–water partition coefficient (Wildman–Crippen LogP) is 0.879. The van der Waals surface area contributed by atoms with Crippen LogP contribution >= 0.6 is 0 Å². The van der Waals surface area contributed by atoms with Gasteiger partial charge in [0.1, 0.15) is 17.3 Å². The number of rotatable bonds is 3. The number of phenolic OH excluding ortho intramolecular Hbond substituents is 1. The van der Waals surface area contributed by atoms with Crippen LogP contribution in [0.15, 0.2) is 30.3 Å². The van der Waals surface area contributed by atoms with Crippen LogP contribution in [0.3, 0.4) is 0 Å². The fourth-order valence-corrected chi connectivity index (χ4v) is 1.60. The summed E-state index contributed by atoms with van der Waals surface area (Å²) in [4.78, 5) is 0. The number of phenols is 1. The van der Waals surface area contributed by atoms with Crippen LogP contribution in [-0.4, -0.2) is 21.9 Å². The molecule has 1 aromatic heterocycles. The maximum atomic E-state index is 9.74. The van der Waals surface area contributed by atoms with Crippen molar-refractivity contribution in [2.45, 2.75) is 6.54 Å². The quantitative estimate of drug-likeness (QED) is 0.714. The summed E-state index contributed by atoms with van der Waals surface area (Å²) in [6.07, 6.45) is 0. The zero-order chi connectivity index (χ0) is 11.5. The van der Waals surface area contributed by atoms with Gasteiger partial charge in [0.15, 0.2) is 0 Å². The molecule has 84 valence electrons. The molecule has 0 saturated carbocycles. The number of benzene rings is 1. The molecule has 0 fully saturated rings. The summed E-state index contributed by atoms with van der Waals surface area (Å²) in [6.45, 7) is 0.637. The van der Waals surface area contributed by atoms with Gasteiger partial charge in [0.2, 0.25) is 0 Å². The lowest BCUT2D eigenvalue weighted by Crippen LogP contribution is -2.11. The predicted molar refractivity (Wildman–Crippen MR) is 62.4 cm³/mol. The molecule has 1 heterocycles. The summed E-state index contributed by atoms with van der Waals surface area (Å²) >= 11 is 0. The molecule has 4 N–H and O–H groups in total. The molecule has 0 spiro atoms. The standard InChI is InChI=1S/C11H14N4O/c1-13-7-8-6-11(12)14-15(8)9-4-2-3-5-10(9)16/h2-6,13,16H,7H2,1H3,(H2,12,14). The first-order valence-electron chi connectivity index (χ1n) is 4.99. The third-order valence-electron chi connectivity index (χ3n) is 2.27. The van der Waals surface area contributed by atoms with Gasteiger partial charge in [0, 0.05) is 12.6 Å². The number of nitrogen functional groups attached to an aromatic ring is 1. The monoisotopic (exact) mass is 218 g/mol. The summed E-state index contributed by atoms with van der Waals surface area (Å²) in [5.41, 5.74) is 7.19. The van der Waals surface area contributed by atoms with Gasteiger partial charge in [-0.1, -0.05) is 12.1 Å². The van der Waals surface area contributed by atoms with E-state index in [1.54, 1.807) is 28.9 Å². The van der Waals surface area contributed by atoms with E-state index in [0.29, 0.717) is 18.1 Å². The van der Waals surface area contributed by atoms with Gasteiger partial charge in [-0.15, -0.1) is 0 Å². The number of aromatic hydroxyl groups is 1. The number of anilines is 1. The maximum absolute atomic E-state index is 9.74. The second kappa shape index (κ2) is 4.24. The van der Waals surface area contributed by atoms with Crippen molar-refractivity contribution < 1.29 is 5.11 Å². The minimum Gasteiger partial charge on any atom is -0.506 e. The average molecular weight is 218 g/mol. The smallest absolute Gasteiger partial charge is 0.146 e. The van der Waals surface area contributed by atoms with Crippen molar-refractivity contribution in [3.63, 3.8) is 0 Å². The van der Waals surface area contributed by atoms with E-state index in [2.05, 4.69) is 10.4 Å². The zero-order valence-electron chi connectivity index (χ0n) is 9.01. The van der Waals surface area contributed by atoms with E-state index < -0.39 is 0 Å². The van der Waals surface area contributed by atoms with Gasteiger partial charge in [-0.2, -0.15) is 5.10 Å². The van der Waals surface area contributed by atoms with Crippen molar-refractivity contribution in [2.75, 3.05) is 12.8 Å². The summed E-state index contributed by atoms with van der Waals surface area (Å²) in [7, 11) is 1.85. The van der Waals surface area contributed by atoms with Gasteiger partial charge >= 0.3 is 0 Å². The molecule has 0 bridgehead atoms. The Balaban J connectivity index is 2.51. The van der Waals surface area contributed by atoms with Gasteiger partial charge in [-0.25, -0.2) is 4.68 Å². The molecular formula is C11H14N4O. The van der Waals surface area contributed by atoms with Crippen molar-refractivity contribution in [1.29, 1.82) is 0 Å². The Morgan fingerprint density at radius 3 is 2.88 bits per heavy atom. The molecule has 2 rings (SSSR count). The fraction of sp³-hybridized carbons (Fsp3) is 0.182. The number of hydrogen-bond acceptors (Lipinski definition) is 4. The van der Waals surface area contributed by atoms with Crippen LogP contribution < -0.4 is 11.1 Å². The normalized spacial score (nSPS) is 10.6. The number of nitrogens with one attached hydrogen (secondary N) is 1. The highest BCUT2D eigenvalue weighted by molar-refractivity contribution is 5.47. The lowest BCUT2D eigenvalue weighted by molar-refractivity contribution is 0.469. The average Bonchev–Trinajstić information content (AvgIpc) is 2.61. The molecule has 0 aliphatic rings. The number of nitrogens with two attached hydrogens (primary N) is 1. The summed E-state index contributed by atoms with van der Waals surface area (Å²) in [6, 6.07) is 8.81. The van der Waals surface area contributed by atoms with Gasteiger partial charge in [0.25, 0.3) is 0 Å². The molecule has 5 nitrogen and oxygen atoms in total. The molecule has 0 radical (unpaired) electrons. The Kier molecular flexibility index (Phi) is 2.78. The van der Waals surface area contributed by atoms with E-state index in [1.807, 2.05) is 13.1 Å². The van der Waals surface area contributed by atoms with E-state index in [9.17, 15) is 5.11 Å². The van der Waals surface area contributed by atoms with E-state index >= 15 is 0 Å². The minimum atomic E-state index is 0.183. The van der Waals surface area contributed by atoms with E-state index in [4.69, 9.17) is 5.73 Å². The highest BCUT2D eigenvalue weighted by Crippen LogP contribution is 2.22. The van der Waals surface area contributed by atoms with Crippen molar-refractivity contribution >= 4 is 5.82 Å². The number of nitrogens with zero attached hydrogens (tertiary/aromatic N) is 2. The van der Waals surface area contributed by atoms with Crippen molar-refractivity contribution in [3.05, 3.63) is 36.0 Å². The van der Waals surface area contributed by atoms with E-state index in [-0.39, 0.29) is 5.75 Å². The molecule has 5 heteroatoms. The van der Waals surface area contributed by atoms with Gasteiger partial charge < -0.3 is 16.2 Å². The van der Waals surface area contributed by atoms with Crippen LogP contribution in [0.1, 0.15) is 5.69 Å². The number of aromatic nitrogens is 2. The Bertz CT molecular complexity index is 492. The fourth-order valence-electron chi connectivity index (χ4n) is 1.60. The minimum absolute atomic E-state index is 0.183. The second-order valence-corrected chi connectivity index (χ2v) is 3.49. The van der Waals surface area contributed by atoms with Crippen molar-refractivity contribution in [2.24, 2.45) is 0 Å². The molecule has 0 atom stereocenters. The molecule has 0 aliphatic heterocycles. The van der Waals surface area contributed by atoms with Crippen LogP contribution in [0.5, 0.6) is 5.75 Å². The summed E-state index contributed by atoms with van der Waals surface area (Å²) in [5.74, 6) is 0.622. The van der Waals surface area contributed by atoms with E-state index in [0.717, 1.165) is 5.69 Å². The van der Waals surface area contributed by atoms with Crippen molar-refractivity contribution in [1.82, 2.24) is 15.1 Å². The molecular weight excluding hydrogens is 204 g/mol. The molecule has 0 amide bonds. The molecule has 0 unspecified atom stereocenters. The largest absolute Gasteiger partial charge is 0.506 e. The van der Waals surface area contributed by atoms with Crippen LogP contribution in [0.2, 0.25) is 0 Å². The van der Waals surface area contributed by atoms with Gasteiger partial charge in [-0.05, 0) is 19.2 Å². The van der Waals surface area contributed by atoms with Crippen LogP contribution in [-0.2, 0) is 6.54 Å². The number of hydrogen-bond donors (Lipinski definition) is 3. The van der Waals surface area contributed by atoms with Crippen LogP contribution in [0.4, 0.5) is 5.82 Å². The number of para-hydroxylation sites is 2. The molecule has 0 saturated heterocycles. The Morgan fingerprint density at radius 2 is 2.19 bits per heavy atom. The topological polar surface area (TPSA) is 76.1 Å². The van der Waals surface area contributed by atoms with Gasteiger partial charge in [-0.3, -0.25) is 0 Å². The van der Waals surface area contributed by atoms with Crippen LogP contribution in [0.25, 0.3) is 5.69 Å². The lowest BCUT2D eigenvalue weighted by atomic mass is 10.3. The highest BCUT2D eigenvalue weighted by atomic mass is 16.3. The maximum Gasteiger partial charge on any atom is 0.146 e. The first-order valence-corrected chi connectivity index (χ1v) is 4.99.